The smallest absolute Gasteiger partial charge is 0.0771 e. The number of aliphatic hydroxyl groups is 1. The molecule has 0 spiro atoms. The number of fused-ring (bicyclic) bond motifs is 2. The van der Waals surface area contributed by atoms with Crippen LogP contribution in [-0.2, 0) is 0 Å². The standard InChI is InChI=1S/C16H27NO/c1-12(15-10-13-5-6-14(15)9-13)17-11-16(18)7-3-2-4-8-16/h5-6,12-15,17-18H,2-4,7-11H2,1H3. The maximum Gasteiger partial charge on any atom is 0.0771 e. The van der Waals surface area contributed by atoms with E-state index in [0.717, 1.165) is 37.1 Å². The minimum atomic E-state index is -0.417. The maximum absolute atomic E-state index is 10.5. The fourth-order valence-corrected chi connectivity index (χ4v) is 4.29. The van der Waals surface area contributed by atoms with Gasteiger partial charge in [-0.05, 0) is 50.4 Å². The van der Waals surface area contributed by atoms with E-state index < -0.39 is 5.60 Å². The van der Waals surface area contributed by atoms with Gasteiger partial charge in [-0.15, -0.1) is 0 Å². The molecule has 102 valence electrons. The summed E-state index contributed by atoms with van der Waals surface area (Å²) >= 11 is 0. The lowest BCUT2D eigenvalue weighted by atomic mass is 9.83. The van der Waals surface area contributed by atoms with Gasteiger partial charge in [-0.2, -0.15) is 0 Å². The summed E-state index contributed by atoms with van der Waals surface area (Å²) in [6.07, 6.45) is 13.2. The molecule has 3 aliphatic rings. The van der Waals surface area contributed by atoms with Crippen molar-refractivity contribution in [3.63, 3.8) is 0 Å². The number of rotatable bonds is 4. The van der Waals surface area contributed by atoms with Crippen molar-refractivity contribution in [1.29, 1.82) is 0 Å². The van der Waals surface area contributed by atoms with Gasteiger partial charge in [0.2, 0.25) is 0 Å². The van der Waals surface area contributed by atoms with E-state index in [1.165, 1.54) is 32.1 Å². The topological polar surface area (TPSA) is 32.3 Å². The van der Waals surface area contributed by atoms with E-state index in [1.54, 1.807) is 0 Å². The third-order valence-corrected chi connectivity index (χ3v) is 5.51. The molecule has 2 nitrogen and oxygen atoms in total. The Bertz CT molecular complexity index is 319. The molecule has 0 radical (unpaired) electrons. The zero-order valence-electron chi connectivity index (χ0n) is 11.6. The minimum absolute atomic E-state index is 0.417. The number of hydrogen-bond acceptors (Lipinski definition) is 2. The highest BCUT2D eigenvalue weighted by Crippen LogP contribution is 2.44. The molecule has 2 N–H and O–H groups in total. The van der Waals surface area contributed by atoms with Crippen LogP contribution in [0.4, 0.5) is 0 Å². The summed E-state index contributed by atoms with van der Waals surface area (Å²) in [6.45, 7) is 3.11. The average Bonchev–Trinajstić information content (AvgIpc) is 2.99. The zero-order chi connectivity index (χ0) is 12.6. The summed E-state index contributed by atoms with van der Waals surface area (Å²) in [6, 6.07) is 0.552. The quantitative estimate of drug-likeness (QED) is 0.751. The van der Waals surface area contributed by atoms with E-state index in [-0.39, 0.29) is 0 Å². The second-order valence-corrected chi connectivity index (χ2v) is 6.90. The SMILES string of the molecule is CC(NCC1(O)CCCCC1)C1CC2C=CC1C2. The first-order valence-corrected chi connectivity index (χ1v) is 7.80. The Morgan fingerprint density at radius 3 is 2.61 bits per heavy atom. The first-order valence-electron chi connectivity index (χ1n) is 7.80. The average molecular weight is 249 g/mol. The highest BCUT2D eigenvalue weighted by Gasteiger charge is 2.39. The van der Waals surface area contributed by atoms with Gasteiger partial charge < -0.3 is 10.4 Å². The molecule has 0 heterocycles. The molecule has 0 aromatic carbocycles. The van der Waals surface area contributed by atoms with Crippen LogP contribution in [0.1, 0.15) is 51.9 Å². The number of allylic oxidation sites excluding steroid dienone is 2. The number of hydrogen-bond donors (Lipinski definition) is 2. The molecular weight excluding hydrogens is 222 g/mol. The Morgan fingerprint density at radius 1 is 1.22 bits per heavy atom. The first kappa shape index (κ1) is 12.7. The molecule has 0 saturated heterocycles. The summed E-state index contributed by atoms with van der Waals surface area (Å²) in [5.41, 5.74) is -0.417. The van der Waals surface area contributed by atoms with Gasteiger partial charge in [0.15, 0.2) is 0 Å². The predicted octanol–water partition coefficient (Wildman–Crippen LogP) is 2.87. The van der Waals surface area contributed by atoms with Crippen LogP contribution < -0.4 is 5.32 Å². The molecule has 2 fully saturated rings. The van der Waals surface area contributed by atoms with E-state index >= 15 is 0 Å². The van der Waals surface area contributed by atoms with Gasteiger partial charge >= 0.3 is 0 Å². The summed E-state index contributed by atoms with van der Waals surface area (Å²) in [7, 11) is 0. The van der Waals surface area contributed by atoms with Crippen LogP contribution in [-0.4, -0.2) is 23.3 Å². The number of nitrogens with one attached hydrogen (secondary N) is 1. The molecule has 3 aliphatic carbocycles. The van der Waals surface area contributed by atoms with Gasteiger partial charge in [-0.25, -0.2) is 0 Å². The molecule has 3 rings (SSSR count). The van der Waals surface area contributed by atoms with E-state index in [1.807, 2.05) is 0 Å². The Hall–Kier alpha value is -0.340. The van der Waals surface area contributed by atoms with Crippen molar-refractivity contribution >= 4 is 0 Å². The van der Waals surface area contributed by atoms with Crippen LogP contribution in [0.5, 0.6) is 0 Å². The van der Waals surface area contributed by atoms with Crippen molar-refractivity contribution < 1.29 is 5.11 Å². The molecule has 2 bridgehead atoms. The molecule has 4 unspecified atom stereocenters. The van der Waals surface area contributed by atoms with E-state index in [9.17, 15) is 5.11 Å². The minimum Gasteiger partial charge on any atom is -0.389 e. The van der Waals surface area contributed by atoms with Crippen LogP contribution in [0.15, 0.2) is 12.2 Å². The van der Waals surface area contributed by atoms with Crippen molar-refractivity contribution in [2.24, 2.45) is 17.8 Å². The fraction of sp³-hybridized carbons (Fsp3) is 0.875. The fourth-order valence-electron chi connectivity index (χ4n) is 4.29. The second kappa shape index (κ2) is 4.97. The zero-order valence-corrected chi connectivity index (χ0v) is 11.6. The predicted molar refractivity (Wildman–Crippen MR) is 74.3 cm³/mol. The lowest BCUT2D eigenvalue weighted by molar-refractivity contribution is 0.00118. The van der Waals surface area contributed by atoms with Gasteiger partial charge in [0.05, 0.1) is 5.60 Å². The van der Waals surface area contributed by atoms with E-state index in [2.05, 4.69) is 24.4 Å². The van der Waals surface area contributed by atoms with Gasteiger partial charge in [0.1, 0.15) is 0 Å². The Balaban J connectivity index is 1.49. The molecule has 18 heavy (non-hydrogen) atoms. The summed E-state index contributed by atoms with van der Waals surface area (Å²) in [4.78, 5) is 0. The van der Waals surface area contributed by atoms with Gasteiger partial charge in [0, 0.05) is 12.6 Å². The lowest BCUT2D eigenvalue weighted by Gasteiger charge is -2.35. The molecular formula is C16H27NO. The van der Waals surface area contributed by atoms with Crippen molar-refractivity contribution in [2.75, 3.05) is 6.54 Å². The van der Waals surface area contributed by atoms with Crippen LogP contribution in [0.25, 0.3) is 0 Å². The summed E-state index contributed by atoms with van der Waals surface area (Å²) < 4.78 is 0. The normalized spacial score (nSPS) is 39.1. The molecule has 2 heteroatoms. The van der Waals surface area contributed by atoms with Crippen LogP contribution in [0.3, 0.4) is 0 Å². The third-order valence-electron chi connectivity index (χ3n) is 5.51. The lowest BCUT2D eigenvalue weighted by Crippen LogP contribution is -2.47. The highest BCUT2D eigenvalue weighted by molar-refractivity contribution is 5.11. The van der Waals surface area contributed by atoms with Crippen molar-refractivity contribution in [1.82, 2.24) is 5.32 Å². The van der Waals surface area contributed by atoms with E-state index in [4.69, 9.17) is 0 Å². The van der Waals surface area contributed by atoms with Gasteiger partial charge in [-0.3, -0.25) is 0 Å². The monoisotopic (exact) mass is 249 g/mol. The van der Waals surface area contributed by atoms with Crippen LogP contribution in [0.2, 0.25) is 0 Å². The molecule has 0 amide bonds. The Kier molecular flexibility index (Phi) is 3.50. The molecule has 0 aromatic rings. The third kappa shape index (κ3) is 2.50. The Labute approximate surface area is 111 Å². The summed E-state index contributed by atoms with van der Waals surface area (Å²) in [5, 5.41) is 14.2. The largest absolute Gasteiger partial charge is 0.389 e. The van der Waals surface area contributed by atoms with Crippen LogP contribution >= 0.6 is 0 Å². The van der Waals surface area contributed by atoms with Crippen molar-refractivity contribution in [3.05, 3.63) is 12.2 Å². The highest BCUT2D eigenvalue weighted by atomic mass is 16.3. The second-order valence-electron chi connectivity index (χ2n) is 6.90. The first-order chi connectivity index (χ1) is 8.66. The van der Waals surface area contributed by atoms with Crippen LogP contribution in [0, 0.1) is 17.8 Å². The van der Waals surface area contributed by atoms with Gasteiger partial charge in [-0.1, -0.05) is 31.4 Å². The molecule has 0 aromatic heterocycles. The van der Waals surface area contributed by atoms with Crippen molar-refractivity contribution in [3.8, 4) is 0 Å². The van der Waals surface area contributed by atoms with Gasteiger partial charge in [0.25, 0.3) is 0 Å². The summed E-state index contributed by atoms with van der Waals surface area (Å²) in [5.74, 6) is 2.45. The molecule has 4 atom stereocenters. The maximum atomic E-state index is 10.5. The van der Waals surface area contributed by atoms with E-state index in [0.29, 0.717) is 6.04 Å². The molecule has 2 saturated carbocycles. The van der Waals surface area contributed by atoms with Crippen molar-refractivity contribution in [2.45, 2.75) is 63.5 Å². The molecule has 0 aliphatic heterocycles. The Morgan fingerprint density at radius 2 is 2.00 bits per heavy atom.